The molecular formula is C18H21N3O3. The van der Waals surface area contributed by atoms with E-state index >= 15 is 0 Å². The summed E-state index contributed by atoms with van der Waals surface area (Å²) in [5.74, 6) is 0. The largest absolute Gasteiger partial charge is 0.411 e. The number of carbonyl (C=O) groups excluding carboxylic acids is 1. The highest BCUT2D eigenvalue weighted by Gasteiger charge is 2.05. The number of nitrogens with one attached hydrogen (secondary N) is 2. The van der Waals surface area contributed by atoms with Crippen molar-refractivity contribution in [2.75, 3.05) is 30.9 Å². The molecule has 0 saturated carbocycles. The number of hydrogen-bond donors (Lipinski definition) is 3. The standard InChI is InChI=1S/C18H21N3O3/c1-13(21-23)14-4-3-5-16(10-14)20-17-6-7-18(15(11-17)12-22)19-8-9-24-2/h3-7,10-12,19-20,23H,8-9H2,1-2H3/b21-13-. The van der Waals surface area contributed by atoms with Crippen molar-refractivity contribution in [1.82, 2.24) is 0 Å². The summed E-state index contributed by atoms with van der Waals surface area (Å²) < 4.78 is 4.99. The highest BCUT2D eigenvalue weighted by Crippen LogP contribution is 2.23. The minimum Gasteiger partial charge on any atom is -0.411 e. The number of anilines is 3. The molecular weight excluding hydrogens is 306 g/mol. The monoisotopic (exact) mass is 327 g/mol. The first-order valence-corrected chi connectivity index (χ1v) is 7.56. The number of benzene rings is 2. The molecule has 0 heterocycles. The average molecular weight is 327 g/mol. The van der Waals surface area contributed by atoms with Crippen molar-refractivity contribution < 1.29 is 14.7 Å². The summed E-state index contributed by atoms with van der Waals surface area (Å²) in [6, 6.07) is 13.0. The number of oxime groups is 1. The van der Waals surface area contributed by atoms with Crippen molar-refractivity contribution in [2.24, 2.45) is 5.16 Å². The Kier molecular flexibility index (Phi) is 6.33. The Morgan fingerprint density at radius 3 is 2.75 bits per heavy atom. The van der Waals surface area contributed by atoms with Gasteiger partial charge < -0.3 is 20.6 Å². The van der Waals surface area contributed by atoms with Gasteiger partial charge in [0.25, 0.3) is 0 Å². The Morgan fingerprint density at radius 2 is 2.04 bits per heavy atom. The summed E-state index contributed by atoms with van der Waals surface area (Å²) >= 11 is 0. The van der Waals surface area contributed by atoms with Crippen molar-refractivity contribution in [3.05, 3.63) is 53.6 Å². The van der Waals surface area contributed by atoms with Gasteiger partial charge in [0.05, 0.1) is 12.3 Å². The number of methoxy groups -OCH3 is 1. The van der Waals surface area contributed by atoms with Crippen LogP contribution in [0, 0.1) is 0 Å². The molecule has 0 aliphatic rings. The SMILES string of the molecule is COCCNc1ccc(Nc2cccc(/C(C)=N\O)c2)cc1C=O. The second-order valence-corrected chi connectivity index (χ2v) is 5.23. The van der Waals surface area contributed by atoms with Crippen LogP contribution in [0.3, 0.4) is 0 Å². The molecule has 0 atom stereocenters. The first kappa shape index (κ1) is 17.5. The zero-order valence-electron chi connectivity index (χ0n) is 13.7. The van der Waals surface area contributed by atoms with Crippen LogP contribution in [0.1, 0.15) is 22.8 Å². The first-order valence-electron chi connectivity index (χ1n) is 7.56. The molecule has 2 aromatic carbocycles. The van der Waals surface area contributed by atoms with Gasteiger partial charge in [-0.25, -0.2) is 0 Å². The molecule has 0 radical (unpaired) electrons. The lowest BCUT2D eigenvalue weighted by molar-refractivity contribution is 0.112. The molecule has 6 heteroatoms. The molecule has 3 N–H and O–H groups in total. The predicted octanol–water partition coefficient (Wildman–Crippen LogP) is 3.50. The van der Waals surface area contributed by atoms with Crippen LogP contribution in [-0.4, -0.2) is 37.5 Å². The summed E-state index contributed by atoms with van der Waals surface area (Å²) in [4.78, 5) is 11.3. The second-order valence-electron chi connectivity index (χ2n) is 5.23. The molecule has 6 nitrogen and oxygen atoms in total. The Hall–Kier alpha value is -2.86. The van der Waals surface area contributed by atoms with Crippen LogP contribution in [0.25, 0.3) is 0 Å². The summed E-state index contributed by atoms with van der Waals surface area (Å²) in [7, 11) is 1.63. The maximum absolute atomic E-state index is 11.3. The molecule has 0 aromatic heterocycles. The quantitative estimate of drug-likeness (QED) is 0.227. The van der Waals surface area contributed by atoms with Gasteiger partial charge >= 0.3 is 0 Å². The van der Waals surface area contributed by atoms with Crippen LogP contribution in [0.15, 0.2) is 47.6 Å². The zero-order chi connectivity index (χ0) is 17.4. The fourth-order valence-electron chi connectivity index (χ4n) is 2.23. The van der Waals surface area contributed by atoms with E-state index in [0.29, 0.717) is 24.4 Å². The van der Waals surface area contributed by atoms with E-state index in [2.05, 4.69) is 15.8 Å². The van der Waals surface area contributed by atoms with E-state index < -0.39 is 0 Å². The van der Waals surface area contributed by atoms with Crippen molar-refractivity contribution in [3.63, 3.8) is 0 Å². The van der Waals surface area contributed by atoms with Crippen molar-refractivity contribution in [3.8, 4) is 0 Å². The third-order valence-electron chi connectivity index (χ3n) is 3.52. The number of carbonyl (C=O) groups is 1. The highest BCUT2D eigenvalue weighted by molar-refractivity contribution is 5.99. The molecule has 0 amide bonds. The molecule has 126 valence electrons. The molecule has 2 rings (SSSR count). The molecule has 0 spiro atoms. The van der Waals surface area contributed by atoms with Gasteiger partial charge in [-0.05, 0) is 37.3 Å². The maximum atomic E-state index is 11.3. The Balaban J connectivity index is 2.17. The van der Waals surface area contributed by atoms with E-state index in [1.54, 1.807) is 20.1 Å². The lowest BCUT2D eigenvalue weighted by Gasteiger charge is -2.12. The number of rotatable bonds is 8. The highest BCUT2D eigenvalue weighted by atomic mass is 16.5. The number of hydrogen-bond acceptors (Lipinski definition) is 6. The van der Waals surface area contributed by atoms with Crippen LogP contribution >= 0.6 is 0 Å². The summed E-state index contributed by atoms with van der Waals surface area (Å²) in [5, 5.41) is 18.5. The van der Waals surface area contributed by atoms with Gasteiger partial charge in [-0.3, -0.25) is 4.79 Å². The molecule has 2 aromatic rings. The first-order chi connectivity index (χ1) is 11.7. The number of aldehydes is 1. The zero-order valence-corrected chi connectivity index (χ0v) is 13.7. The van der Waals surface area contributed by atoms with Crippen LogP contribution in [0.5, 0.6) is 0 Å². The fraction of sp³-hybridized carbons (Fsp3) is 0.222. The van der Waals surface area contributed by atoms with Crippen molar-refractivity contribution in [1.29, 1.82) is 0 Å². The summed E-state index contributed by atoms with van der Waals surface area (Å²) in [6.07, 6.45) is 0.819. The third-order valence-corrected chi connectivity index (χ3v) is 3.52. The Morgan fingerprint density at radius 1 is 1.25 bits per heavy atom. The van der Waals surface area contributed by atoms with Gasteiger partial charge in [-0.1, -0.05) is 17.3 Å². The summed E-state index contributed by atoms with van der Waals surface area (Å²) in [6.45, 7) is 2.92. The smallest absolute Gasteiger partial charge is 0.152 e. The van der Waals surface area contributed by atoms with E-state index in [-0.39, 0.29) is 0 Å². The molecule has 0 bridgehead atoms. The topological polar surface area (TPSA) is 82.9 Å². The second kappa shape index (κ2) is 8.69. The van der Waals surface area contributed by atoms with Gasteiger partial charge in [0.15, 0.2) is 6.29 Å². The minimum absolute atomic E-state index is 0.532. The maximum Gasteiger partial charge on any atom is 0.152 e. The predicted molar refractivity (Wildman–Crippen MR) is 95.9 cm³/mol. The average Bonchev–Trinajstić information content (AvgIpc) is 2.62. The van der Waals surface area contributed by atoms with E-state index in [0.717, 1.165) is 28.9 Å². The molecule has 24 heavy (non-hydrogen) atoms. The van der Waals surface area contributed by atoms with Gasteiger partial charge in [-0.15, -0.1) is 0 Å². The Bertz CT molecular complexity index is 729. The lowest BCUT2D eigenvalue weighted by atomic mass is 10.1. The lowest BCUT2D eigenvalue weighted by Crippen LogP contribution is -2.09. The van der Waals surface area contributed by atoms with Gasteiger partial charge in [0.2, 0.25) is 0 Å². The van der Waals surface area contributed by atoms with E-state index in [1.807, 2.05) is 36.4 Å². The van der Waals surface area contributed by atoms with E-state index in [1.165, 1.54) is 0 Å². The number of nitrogens with zero attached hydrogens (tertiary/aromatic N) is 1. The minimum atomic E-state index is 0.532. The normalized spacial score (nSPS) is 11.2. The third kappa shape index (κ3) is 4.57. The van der Waals surface area contributed by atoms with Crippen LogP contribution in [0.2, 0.25) is 0 Å². The Labute approximate surface area is 141 Å². The van der Waals surface area contributed by atoms with Crippen LogP contribution in [0.4, 0.5) is 17.1 Å². The van der Waals surface area contributed by atoms with Crippen LogP contribution < -0.4 is 10.6 Å². The molecule has 0 aliphatic heterocycles. The van der Waals surface area contributed by atoms with Gasteiger partial charge in [0.1, 0.15) is 0 Å². The fourth-order valence-corrected chi connectivity index (χ4v) is 2.23. The van der Waals surface area contributed by atoms with Crippen molar-refractivity contribution >= 4 is 29.1 Å². The molecule has 0 unspecified atom stereocenters. The van der Waals surface area contributed by atoms with E-state index in [9.17, 15) is 4.79 Å². The molecule has 0 saturated heterocycles. The van der Waals surface area contributed by atoms with Crippen LogP contribution in [-0.2, 0) is 4.74 Å². The molecule has 0 aliphatic carbocycles. The number of ether oxygens (including phenoxy) is 1. The molecule has 0 fully saturated rings. The van der Waals surface area contributed by atoms with E-state index in [4.69, 9.17) is 9.94 Å². The van der Waals surface area contributed by atoms with Crippen molar-refractivity contribution in [2.45, 2.75) is 6.92 Å². The summed E-state index contributed by atoms with van der Waals surface area (Å²) in [5.41, 5.74) is 4.32. The van der Waals surface area contributed by atoms with Gasteiger partial charge in [-0.2, -0.15) is 0 Å². The van der Waals surface area contributed by atoms with Gasteiger partial charge in [0, 0.05) is 41.8 Å².